The van der Waals surface area contributed by atoms with Crippen LogP contribution in [0.25, 0.3) is 0 Å². The van der Waals surface area contributed by atoms with Crippen LogP contribution in [0.3, 0.4) is 0 Å². The van der Waals surface area contributed by atoms with E-state index in [1.165, 1.54) is 24.3 Å². The monoisotopic (exact) mass is 316 g/mol. The predicted octanol–water partition coefficient (Wildman–Crippen LogP) is 1.48. The number of carbonyl (C=O) groups is 2. The summed E-state index contributed by atoms with van der Waals surface area (Å²) in [5.74, 6) is -2.13. The summed E-state index contributed by atoms with van der Waals surface area (Å²) in [7, 11) is -5.84. The first kappa shape index (κ1) is 17.9. The number of hydrogen-bond acceptors (Lipinski definition) is 4. The second-order valence-electron chi connectivity index (χ2n) is 3.11. The summed E-state index contributed by atoms with van der Waals surface area (Å²) in [6.07, 6.45) is 0. The van der Waals surface area contributed by atoms with Gasteiger partial charge in [0.1, 0.15) is 0 Å². The third-order valence-corrected chi connectivity index (χ3v) is 2.26. The molecule has 7 nitrogen and oxygen atoms in total. The van der Waals surface area contributed by atoms with Crippen molar-refractivity contribution in [2.45, 2.75) is 5.51 Å². The van der Waals surface area contributed by atoms with Crippen LogP contribution in [0.5, 0.6) is 0 Å². The van der Waals surface area contributed by atoms with Crippen molar-refractivity contribution in [2.75, 3.05) is 0 Å². The van der Waals surface area contributed by atoms with Crippen LogP contribution in [0.2, 0.25) is 0 Å². The fraction of sp³-hybridized carbons (Fsp3) is 0.111. The van der Waals surface area contributed by atoms with E-state index < -0.39 is 27.6 Å². The van der Waals surface area contributed by atoms with Crippen molar-refractivity contribution in [3.8, 4) is 0 Å². The van der Waals surface area contributed by atoms with Gasteiger partial charge in [-0.1, -0.05) is 0 Å². The summed E-state index contributed by atoms with van der Waals surface area (Å²) in [6, 6.07) is 5.02. The molecule has 112 valence electrons. The van der Waals surface area contributed by atoms with Crippen LogP contribution in [0.1, 0.15) is 20.7 Å². The van der Waals surface area contributed by atoms with Crippen LogP contribution in [-0.2, 0) is 10.1 Å². The van der Waals surface area contributed by atoms with Gasteiger partial charge in [-0.3, -0.25) is 4.55 Å². The lowest BCUT2D eigenvalue weighted by Crippen LogP contribution is -2.21. The highest BCUT2D eigenvalue weighted by Crippen LogP contribution is 2.20. The summed E-state index contributed by atoms with van der Waals surface area (Å²) in [5, 5.41) is 16.9. The van der Waals surface area contributed by atoms with Gasteiger partial charge in [0.2, 0.25) is 0 Å². The molecule has 0 saturated heterocycles. The maximum atomic E-state index is 10.7. The van der Waals surface area contributed by atoms with Crippen LogP contribution in [0, 0.1) is 0 Å². The normalized spacial score (nSPS) is 11.2. The Balaban J connectivity index is 0.000000396. The fourth-order valence-electron chi connectivity index (χ4n) is 0.755. The van der Waals surface area contributed by atoms with Gasteiger partial charge in [-0.05, 0) is 24.3 Å². The zero-order valence-electron chi connectivity index (χ0n) is 9.33. The van der Waals surface area contributed by atoms with E-state index in [0.717, 1.165) is 0 Å². The fourth-order valence-corrected chi connectivity index (χ4v) is 0.755. The van der Waals surface area contributed by atoms with Crippen LogP contribution in [0.4, 0.5) is 13.2 Å². The van der Waals surface area contributed by atoms with Gasteiger partial charge < -0.3 is 10.2 Å². The molecule has 1 rings (SSSR count). The molecule has 0 aliphatic heterocycles. The number of alkyl halides is 3. The van der Waals surface area contributed by atoms with Gasteiger partial charge in [-0.25, -0.2) is 9.59 Å². The molecule has 0 fully saturated rings. The van der Waals surface area contributed by atoms with Crippen molar-refractivity contribution in [2.24, 2.45) is 0 Å². The molecular weight excluding hydrogens is 309 g/mol. The van der Waals surface area contributed by atoms with Gasteiger partial charge >= 0.3 is 27.6 Å². The second kappa shape index (κ2) is 6.34. The van der Waals surface area contributed by atoms with Gasteiger partial charge in [-0.2, -0.15) is 21.6 Å². The van der Waals surface area contributed by atoms with E-state index in [1.807, 2.05) is 0 Å². The molecule has 0 atom stereocenters. The van der Waals surface area contributed by atoms with Crippen molar-refractivity contribution in [3.63, 3.8) is 0 Å². The zero-order valence-corrected chi connectivity index (χ0v) is 10.1. The summed E-state index contributed by atoms with van der Waals surface area (Å²) in [6.45, 7) is 0. The van der Waals surface area contributed by atoms with Gasteiger partial charge in [0.15, 0.2) is 0 Å². The van der Waals surface area contributed by atoms with Crippen molar-refractivity contribution in [3.05, 3.63) is 35.4 Å². The number of carboxylic acid groups (broad SMARTS) is 2. The Labute approximate surface area is 110 Å². The Kier molecular flexibility index (Phi) is 5.66. The predicted molar refractivity (Wildman–Crippen MR) is 58.0 cm³/mol. The third kappa shape index (κ3) is 5.67. The van der Waals surface area contributed by atoms with Crippen LogP contribution in [0.15, 0.2) is 24.3 Å². The zero-order chi connectivity index (χ0) is 16.1. The highest BCUT2D eigenvalue weighted by Gasteiger charge is 2.44. The van der Waals surface area contributed by atoms with E-state index in [-0.39, 0.29) is 11.1 Å². The van der Waals surface area contributed by atoms with E-state index in [1.54, 1.807) is 0 Å². The summed E-state index contributed by atoms with van der Waals surface area (Å²) >= 11 is 0. The Morgan fingerprint density at radius 3 is 1.20 bits per heavy atom. The first-order valence-corrected chi connectivity index (χ1v) is 5.90. The third-order valence-electron chi connectivity index (χ3n) is 1.67. The SMILES string of the molecule is O=C(O)c1ccc(C(=O)O)cc1.O=S(=O)(O)C(F)(F)F. The Bertz CT molecular complexity index is 556. The minimum Gasteiger partial charge on any atom is -0.478 e. The lowest BCUT2D eigenvalue weighted by Gasteiger charge is -1.97. The van der Waals surface area contributed by atoms with E-state index >= 15 is 0 Å². The molecule has 20 heavy (non-hydrogen) atoms. The molecule has 0 saturated carbocycles. The van der Waals surface area contributed by atoms with Crippen molar-refractivity contribution < 1.29 is 45.9 Å². The van der Waals surface area contributed by atoms with Gasteiger partial charge in [0.25, 0.3) is 0 Å². The molecule has 0 aliphatic carbocycles. The topological polar surface area (TPSA) is 129 Å². The molecule has 0 spiro atoms. The van der Waals surface area contributed by atoms with Gasteiger partial charge in [0.05, 0.1) is 11.1 Å². The maximum absolute atomic E-state index is 10.7. The highest BCUT2D eigenvalue weighted by atomic mass is 32.2. The largest absolute Gasteiger partial charge is 0.522 e. The van der Waals surface area contributed by atoms with E-state index in [2.05, 4.69) is 0 Å². The van der Waals surface area contributed by atoms with Gasteiger partial charge in [0, 0.05) is 0 Å². The number of rotatable bonds is 2. The number of benzene rings is 1. The molecule has 0 aliphatic rings. The Hall–Kier alpha value is -2.14. The van der Waals surface area contributed by atoms with Crippen LogP contribution < -0.4 is 0 Å². The summed E-state index contributed by atoms with van der Waals surface area (Å²) < 4.78 is 57.5. The molecule has 0 amide bonds. The molecule has 1 aromatic rings. The molecule has 0 bridgehead atoms. The molecule has 0 unspecified atom stereocenters. The molecule has 0 heterocycles. The van der Waals surface area contributed by atoms with Crippen molar-refractivity contribution in [1.82, 2.24) is 0 Å². The van der Waals surface area contributed by atoms with Crippen molar-refractivity contribution in [1.29, 1.82) is 0 Å². The maximum Gasteiger partial charge on any atom is 0.522 e. The lowest BCUT2D eigenvalue weighted by molar-refractivity contribution is -0.0510. The number of carboxylic acids is 2. The second-order valence-corrected chi connectivity index (χ2v) is 4.52. The first-order chi connectivity index (χ1) is 8.86. The average Bonchev–Trinajstić information content (AvgIpc) is 2.27. The van der Waals surface area contributed by atoms with E-state index in [9.17, 15) is 22.8 Å². The van der Waals surface area contributed by atoms with Crippen LogP contribution >= 0.6 is 0 Å². The first-order valence-electron chi connectivity index (χ1n) is 4.46. The quantitative estimate of drug-likeness (QED) is 0.556. The smallest absolute Gasteiger partial charge is 0.478 e. The van der Waals surface area contributed by atoms with E-state index in [4.69, 9.17) is 23.2 Å². The highest BCUT2D eigenvalue weighted by molar-refractivity contribution is 7.86. The molecule has 3 N–H and O–H groups in total. The number of halogens is 3. The van der Waals surface area contributed by atoms with E-state index in [0.29, 0.717) is 0 Å². The van der Waals surface area contributed by atoms with Crippen molar-refractivity contribution >= 4 is 22.1 Å². The summed E-state index contributed by atoms with van der Waals surface area (Å²) in [5.41, 5.74) is -5.37. The lowest BCUT2D eigenvalue weighted by atomic mass is 10.1. The average molecular weight is 316 g/mol. The standard InChI is InChI=1S/C8H6O4.CHF3O3S/c9-7(10)5-1-2-6(4-3-5)8(11)12;2-1(3,4)8(5,6)7/h1-4H,(H,9,10)(H,11,12);(H,5,6,7). The molecule has 0 aromatic heterocycles. The number of hydrogen-bond donors (Lipinski definition) is 3. The molecule has 1 aromatic carbocycles. The van der Waals surface area contributed by atoms with Gasteiger partial charge in [-0.15, -0.1) is 0 Å². The summed E-state index contributed by atoms with van der Waals surface area (Å²) in [4.78, 5) is 20.7. The Morgan fingerprint density at radius 2 is 1.10 bits per heavy atom. The Morgan fingerprint density at radius 1 is 0.900 bits per heavy atom. The van der Waals surface area contributed by atoms with Crippen LogP contribution in [-0.4, -0.2) is 40.6 Å². The molecule has 0 radical (unpaired) electrons. The molecule has 11 heteroatoms. The number of aromatic carboxylic acids is 2. The molecular formula is C9H7F3O7S. The minimum atomic E-state index is -5.84. The minimum absolute atomic E-state index is 0.0833.